The van der Waals surface area contributed by atoms with Gasteiger partial charge in [-0.1, -0.05) is 31.0 Å². The molecule has 0 unspecified atom stereocenters. The molecule has 1 aliphatic carbocycles. The first-order valence-corrected chi connectivity index (χ1v) is 17.0. The highest BCUT2D eigenvalue weighted by Gasteiger charge is 2.38. The molecular weight excluding hydrogens is 560 g/mol. The summed E-state index contributed by atoms with van der Waals surface area (Å²) in [7, 11) is -3.87. The van der Waals surface area contributed by atoms with Crippen molar-refractivity contribution in [1.29, 1.82) is 0 Å². The van der Waals surface area contributed by atoms with E-state index in [9.17, 15) is 18.3 Å². The number of amides is 1. The number of fused-ring (bicyclic) bond motifs is 3. The standard InChI is InChI=1S/C32H43ClN2O5S/c1-21-6-5-8-26(19-36)29-13-10-25(29)18-35-15-4-3-7-23-16-28(33)12-9-27(23)20-40-31-14-11-24(17-30(31)35)32(37)34-41(38,39)22(21)2/h9,11-12,14,16-17,21-22,25-26,29,36H,3-8,10,13,15,18-20H2,1-2H3,(H,34,37)/t21-,22+,25-,26+,29+/m0/s1. The van der Waals surface area contributed by atoms with Crippen LogP contribution in [0.4, 0.5) is 5.69 Å². The van der Waals surface area contributed by atoms with Gasteiger partial charge < -0.3 is 14.7 Å². The summed E-state index contributed by atoms with van der Waals surface area (Å²) < 4.78 is 35.1. The second-order valence-electron chi connectivity index (χ2n) is 12.3. The minimum absolute atomic E-state index is 0.112. The number of ether oxygens (including phenoxy) is 1. The Morgan fingerprint density at radius 3 is 2.61 bits per heavy atom. The SMILES string of the molecule is C[C@@H]1[C@@H](C)CCC[C@H](CO)[C@@H]2CC[C@H]2CN2CCCCc3cc(Cl)ccc3COc3ccc(cc32)C(=O)NS1(=O)=O. The van der Waals surface area contributed by atoms with Crippen molar-refractivity contribution in [2.45, 2.75) is 77.1 Å². The molecule has 5 rings (SSSR count). The molecule has 1 saturated carbocycles. The molecule has 0 saturated heterocycles. The smallest absolute Gasteiger partial charge is 0.264 e. The molecule has 5 atom stereocenters. The number of aliphatic hydroxyl groups is 1. The Morgan fingerprint density at radius 2 is 1.85 bits per heavy atom. The fourth-order valence-electron chi connectivity index (χ4n) is 6.77. The van der Waals surface area contributed by atoms with E-state index in [2.05, 4.69) is 9.62 Å². The molecule has 224 valence electrons. The molecule has 2 aromatic rings. The van der Waals surface area contributed by atoms with Crippen LogP contribution in [0.25, 0.3) is 0 Å². The van der Waals surface area contributed by atoms with Crippen LogP contribution >= 0.6 is 11.6 Å². The second-order valence-corrected chi connectivity index (χ2v) is 14.8. The summed E-state index contributed by atoms with van der Waals surface area (Å²) in [5, 5.41) is 10.3. The number of rotatable bonds is 1. The topological polar surface area (TPSA) is 95.9 Å². The molecule has 0 spiro atoms. The summed E-state index contributed by atoms with van der Waals surface area (Å²) in [6, 6.07) is 11.2. The Bertz CT molecular complexity index is 1350. The molecule has 1 amide bonds. The maximum absolute atomic E-state index is 13.3. The number of carbonyl (C=O) groups excluding carboxylic acids is 1. The summed E-state index contributed by atoms with van der Waals surface area (Å²) in [4.78, 5) is 15.6. The van der Waals surface area contributed by atoms with Crippen LogP contribution < -0.4 is 14.4 Å². The Balaban J connectivity index is 1.53. The van der Waals surface area contributed by atoms with Crippen LogP contribution in [-0.2, 0) is 23.1 Å². The van der Waals surface area contributed by atoms with Crippen molar-refractivity contribution in [3.63, 3.8) is 0 Å². The zero-order valence-electron chi connectivity index (χ0n) is 24.1. The highest BCUT2D eigenvalue weighted by atomic mass is 35.5. The maximum atomic E-state index is 13.3. The van der Waals surface area contributed by atoms with Crippen LogP contribution in [0.1, 0.15) is 80.3 Å². The number of aliphatic hydroxyl groups excluding tert-OH is 1. The summed E-state index contributed by atoms with van der Waals surface area (Å²) in [5.74, 6) is 1.04. The first-order valence-electron chi connectivity index (χ1n) is 15.1. The van der Waals surface area contributed by atoms with Crippen molar-refractivity contribution < 1.29 is 23.1 Å². The summed E-state index contributed by atoms with van der Waals surface area (Å²) in [6.07, 6.45) is 7.54. The maximum Gasteiger partial charge on any atom is 0.264 e. The highest BCUT2D eigenvalue weighted by molar-refractivity contribution is 7.90. The third kappa shape index (κ3) is 6.86. The quantitative estimate of drug-likeness (QED) is 0.418. The van der Waals surface area contributed by atoms with Crippen LogP contribution in [0, 0.1) is 23.7 Å². The number of hydrogen-bond acceptors (Lipinski definition) is 6. The summed E-state index contributed by atoms with van der Waals surface area (Å²) in [5.41, 5.74) is 3.39. The number of halogens is 1. The number of benzene rings is 2. The molecular formula is C32H43ClN2O5S. The van der Waals surface area contributed by atoms with Crippen LogP contribution in [0.5, 0.6) is 5.75 Å². The number of anilines is 1. The molecule has 41 heavy (non-hydrogen) atoms. The van der Waals surface area contributed by atoms with Gasteiger partial charge in [0.1, 0.15) is 12.4 Å². The van der Waals surface area contributed by atoms with Crippen LogP contribution in [-0.4, -0.2) is 44.4 Å². The van der Waals surface area contributed by atoms with Gasteiger partial charge in [-0.2, -0.15) is 0 Å². The Kier molecular flexibility index (Phi) is 9.51. The first-order chi connectivity index (χ1) is 19.7. The zero-order chi connectivity index (χ0) is 29.1. The van der Waals surface area contributed by atoms with E-state index in [1.54, 1.807) is 25.1 Å². The van der Waals surface area contributed by atoms with Crippen LogP contribution in [0.15, 0.2) is 36.4 Å². The van der Waals surface area contributed by atoms with Gasteiger partial charge in [-0.25, -0.2) is 13.1 Å². The van der Waals surface area contributed by atoms with Gasteiger partial charge in [0.2, 0.25) is 10.0 Å². The molecule has 1 fully saturated rings. The molecule has 2 heterocycles. The largest absolute Gasteiger partial charge is 0.487 e. The second kappa shape index (κ2) is 12.9. The average molecular weight is 603 g/mol. The lowest BCUT2D eigenvalue weighted by atomic mass is 9.65. The van der Waals surface area contributed by atoms with Crippen molar-refractivity contribution in [3.05, 3.63) is 58.1 Å². The molecule has 2 aliphatic heterocycles. The lowest BCUT2D eigenvalue weighted by molar-refractivity contribution is 0.0575. The lowest BCUT2D eigenvalue weighted by Gasteiger charge is -2.44. The van der Waals surface area contributed by atoms with Gasteiger partial charge in [0.05, 0.1) is 10.9 Å². The molecule has 0 aromatic heterocycles. The van der Waals surface area contributed by atoms with E-state index in [1.165, 1.54) is 5.56 Å². The van der Waals surface area contributed by atoms with Crippen molar-refractivity contribution in [2.75, 3.05) is 24.6 Å². The van der Waals surface area contributed by atoms with Crippen LogP contribution in [0.2, 0.25) is 5.02 Å². The van der Waals surface area contributed by atoms with E-state index in [1.807, 2.05) is 25.1 Å². The summed E-state index contributed by atoms with van der Waals surface area (Å²) in [6.45, 7) is 5.74. The van der Waals surface area contributed by atoms with Crippen molar-refractivity contribution in [3.8, 4) is 5.75 Å². The number of nitrogens with one attached hydrogen (secondary N) is 1. The molecule has 7 nitrogen and oxygen atoms in total. The minimum atomic E-state index is -3.87. The van der Waals surface area contributed by atoms with Gasteiger partial charge in [0.15, 0.2) is 0 Å². The lowest BCUT2D eigenvalue weighted by Crippen LogP contribution is -2.43. The van der Waals surface area contributed by atoms with E-state index in [0.717, 1.165) is 75.7 Å². The number of carbonyl (C=O) groups is 1. The average Bonchev–Trinajstić information content (AvgIpc) is 2.96. The molecule has 2 aromatic carbocycles. The Labute approximate surface area is 249 Å². The number of hydrogen-bond donors (Lipinski definition) is 2. The Hall–Kier alpha value is -2.29. The van der Waals surface area contributed by atoms with Gasteiger partial charge in [-0.3, -0.25) is 4.79 Å². The number of sulfonamides is 1. The van der Waals surface area contributed by atoms with Crippen LogP contribution in [0.3, 0.4) is 0 Å². The van der Waals surface area contributed by atoms with Gasteiger partial charge >= 0.3 is 0 Å². The minimum Gasteiger partial charge on any atom is -0.487 e. The van der Waals surface area contributed by atoms with Gasteiger partial charge in [-0.05, 0) is 117 Å². The number of aryl methyl sites for hydroxylation is 1. The van der Waals surface area contributed by atoms with E-state index in [0.29, 0.717) is 34.8 Å². The van der Waals surface area contributed by atoms with Crippen molar-refractivity contribution >= 4 is 33.2 Å². The number of nitrogens with zero attached hydrogens (tertiary/aromatic N) is 1. The van der Waals surface area contributed by atoms with Crippen molar-refractivity contribution in [1.82, 2.24) is 4.72 Å². The molecule has 2 bridgehead atoms. The molecule has 9 heteroatoms. The molecule has 0 radical (unpaired) electrons. The normalized spacial score (nSPS) is 29.0. The predicted octanol–water partition coefficient (Wildman–Crippen LogP) is 5.96. The van der Waals surface area contributed by atoms with Gasteiger partial charge in [0.25, 0.3) is 5.91 Å². The van der Waals surface area contributed by atoms with Gasteiger partial charge in [0, 0.05) is 30.3 Å². The van der Waals surface area contributed by atoms with Crippen molar-refractivity contribution in [2.24, 2.45) is 23.7 Å². The fraction of sp³-hybridized carbons (Fsp3) is 0.594. The third-order valence-corrected chi connectivity index (χ3v) is 11.9. The monoisotopic (exact) mass is 602 g/mol. The van der Waals surface area contributed by atoms with E-state index in [-0.39, 0.29) is 18.4 Å². The molecule has 2 N–H and O–H groups in total. The predicted molar refractivity (Wildman–Crippen MR) is 163 cm³/mol. The first kappa shape index (κ1) is 30.2. The van der Waals surface area contributed by atoms with Gasteiger partial charge in [-0.15, -0.1) is 0 Å². The zero-order valence-corrected chi connectivity index (χ0v) is 25.7. The molecule has 3 aliphatic rings. The van der Waals surface area contributed by atoms with E-state index >= 15 is 0 Å². The third-order valence-electron chi connectivity index (χ3n) is 9.77. The highest BCUT2D eigenvalue weighted by Crippen LogP contribution is 2.44. The fourth-order valence-corrected chi connectivity index (χ4v) is 8.27. The van der Waals surface area contributed by atoms with E-state index in [4.69, 9.17) is 16.3 Å². The van der Waals surface area contributed by atoms with E-state index < -0.39 is 21.2 Å². The summed E-state index contributed by atoms with van der Waals surface area (Å²) >= 11 is 6.31. The Morgan fingerprint density at radius 1 is 1.02 bits per heavy atom.